The lowest BCUT2D eigenvalue weighted by Gasteiger charge is -2.16. The number of carbonyl (C=O) groups excluding carboxylic acids is 2. The van der Waals surface area contributed by atoms with Crippen LogP contribution in [0.1, 0.15) is 31.8 Å². The van der Waals surface area contributed by atoms with Gasteiger partial charge in [-0.15, -0.1) is 0 Å². The van der Waals surface area contributed by atoms with Crippen molar-refractivity contribution in [2.24, 2.45) is 0 Å². The largest absolute Gasteiger partial charge is 0.493 e. The molecule has 3 aromatic carbocycles. The summed E-state index contributed by atoms with van der Waals surface area (Å²) in [6.45, 7) is 1.54. The number of ether oxygens (including phenoxy) is 3. The first-order valence-electron chi connectivity index (χ1n) is 10.8. The number of aryl methyl sites for hydroxylation is 1. The van der Waals surface area contributed by atoms with E-state index in [1.807, 2.05) is 0 Å². The third kappa shape index (κ3) is 6.17. The van der Waals surface area contributed by atoms with Gasteiger partial charge in [-0.3, -0.25) is 9.52 Å². The van der Waals surface area contributed by atoms with E-state index in [0.717, 1.165) is 31.4 Å². The van der Waals surface area contributed by atoms with Crippen LogP contribution in [0.2, 0.25) is 0 Å². The van der Waals surface area contributed by atoms with Gasteiger partial charge < -0.3 is 19.5 Å². The number of amides is 1. The van der Waals surface area contributed by atoms with E-state index in [4.69, 9.17) is 14.2 Å². The zero-order chi connectivity index (χ0) is 28.3. The molecule has 9 nitrogen and oxygen atoms in total. The molecule has 0 aromatic heterocycles. The standard InChI is InChI=1S/C25H23F3N2O7S/c1-14-8-9-17(11-18(14)23(31)29-16-7-5-6-15(10-16)25(26,27)28)38(33,34)30-20-13-22(36-3)21(35-2)12-19(20)24(32)37-4/h5-13,30H,1-4H3,(H,29,31). The summed E-state index contributed by atoms with van der Waals surface area (Å²) in [5, 5.41) is 2.35. The molecule has 0 saturated heterocycles. The average Bonchev–Trinajstić information content (AvgIpc) is 2.87. The molecule has 3 aromatic rings. The van der Waals surface area contributed by atoms with Crippen molar-refractivity contribution < 1.29 is 45.4 Å². The molecule has 0 atom stereocenters. The Morgan fingerprint density at radius 3 is 2.13 bits per heavy atom. The Labute approximate surface area is 216 Å². The number of alkyl halides is 3. The molecule has 0 aliphatic heterocycles. The number of hydrogen-bond acceptors (Lipinski definition) is 7. The molecule has 0 fully saturated rings. The number of anilines is 2. The molecule has 3 rings (SSSR count). The van der Waals surface area contributed by atoms with Gasteiger partial charge in [0.2, 0.25) is 0 Å². The van der Waals surface area contributed by atoms with Crippen LogP contribution in [0.25, 0.3) is 0 Å². The molecule has 1 amide bonds. The Morgan fingerprint density at radius 2 is 1.53 bits per heavy atom. The highest BCUT2D eigenvalue weighted by Crippen LogP contribution is 2.35. The summed E-state index contributed by atoms with van der Waals surface area (Å²) < 4.78 is 82.9. The van der Waals surface area contributed by atoms with Crippen LogP contribution in [0, 0.1) is 6.92 Å². The molecule has 0 radical (unpaired) electrons. The van der Waals surface area contributed by atoms with Crippen molar-refractivity contribution in [1.82, 2.24) is 0 Å². The number of nitrogens with one attached hydrogen (secondary N) is 2. The second kappa shape index (κ2) is 11.0. The van der Waals surface area contributed by atoms with E-state index in [0.29, 0.717) is 5.56 Å². The number of sulfonamides is 1. The van der Waals surface area contributed by atoms with Gasteiger partial charge in [0.05, 0.1) is 43.0 Å². The van der Waals surface area contributed by atoms with E-state index >= 15 is 0 Å². The fourth-order valence-electron chi connectivity index (χ4n) is 3.43. The Balaban J connectivity index is 1.97. The minimum absolute atomic E-state index is 0.0919. The quantitative estimate of drug-likeness (QED) is 0.383. The summed E-state index contributed by atoms with van der Waals surface area (Å²) in [6, 6.07) is 10.2. The molecule has 0 heterocycles. The monoisotopic (exact) mass is 552 g/mol. The first kappa shape index (κ1) is 28.3. The van der Waals surface area contributed by atoms with Crippen molar-refractivity contribution in [3.05, 3.63) is 76.9 Å². The van der Waals surface area contributed by atoms with Gasteiger partial charge in [-0.05, 0) is 42.8 Å². The van der Waals surface area contributed by atoms with E-state index < -0.39 is 33.6 Å². The molecule has 0 unspecified atom stereocenters. The molecule has 0 bridgehead atoms. The number of rotatable bonds is 8. The van der Waals surface area contributed by atoms with Crippen molar-refractivity contribution >= 4 is 33.3 Å². The lowest BCUT2D eigenvalue weighted by atomic mass is 10.1. The van der Waals surface area contributed by atoms with E-state index in [1.54, 1.807) is 0 Å². The van der Waals surface area contributed by atoms with Gasteiger partial charge in [-0.2, -0.15) is 13.2 Å². The molecule has 2 N–H and O–H groups in total. The number of methoxy groups -OCH3 is 3. The number of hydrogen-bond donors (Lipinski definition) is 2. The highest BCUT2D eigenvalue weighted by molar-refractivity contribution is 7.92. The fourth-order valence-corrected chi connectivity index (χ4v) is 4.53. The first-order chi connectivity index (χ1) is 17.8. The van der Waals surface area contributed by atoms with Crippen LogP contribution < -0.4 is 19.5 Å². The molecule has 0 aliphatic rings. The lowest BCUT2D eigenvalue weighted by Crippen LogP contribution is -2.19. The van der Waals surface area contributed by atoms with Crippen LogP contribution in [0.5, 0.6) is 11.5 Å². The number of halogens is 3. The predicted octanol–water partition coefficient (Wildman–Crippen LogP) is 4.87. The zero-order valence-corrected chi connectivity index (χ0v) is 21.4. The molecule has 202 valence electrons. The van der Waals surface area contributed by atoms with Crippen LogP contribution in [0.4, 0.5) is 24.5 Å². The smallest absolute Gasteiger partial charge is 0.416 e. The summed E-state index contributed by atoms with van der Waals surface area (Å²) in [5.41, 5.74) is -1.14. The third-order valence-electron chi connectivity index (χ3n) is 5.39. The van der Waals surface area contributed by atoms with Crippen molar-refractivity contribution in [3.63, 3.8) is 0 Å². The Hall–Kier alpha value is -4.26. The summed E-state index contributed by atoms with van der Waals surface area (Å²) in [7, 11) is -0.602. The second-order valence-corrected chi connectivity index (χ2v) is 9.54. The Bertz CT molecular complexity index is 1490. The maximum atomic E-state index is 13.2. The van der Waals surface area contributed by atoms with Crippen LogP contribution in [-0.4, -0.2) is 41.6 Å². The third-order valence-corrected chi connectivity index (χ3v) is 6.75. The molecule has 13 heteroatoms. The molecular formula is C25H23F3N2O7S. The van der Waals surface area contributed by atoms with Gasteiger partial charge in [0.1, 0.15) is 0 Å². The normalized spacial score (nSPS) is 11.4. The molecule has 0 aliphatic carbocycles. The lowest BCUT2D eigenvalue weighted by molar-refractivity contribution is -0.137. The maximum Gasteiger partial charge on any atom is 0.416 e. The maximum absolute atomic E-state index is 13.2. The van der Waals surface area contributed by atoms with Crippen LogP contribution >= 0.6 is 0 Å². The molecule has 0 saturated carbocycles. The molecule has 0 spiro atoms. The zero-order valence-electron chi connectivity index (χ0n) is 20.6. The number of carbonyl (C=O) groups is 2. The van der Waals surface area contributed by atoms with E-state index in [-0.39, 0.29) is 38.9 Å². The van der Waals surface area contributed by atoms with Crippen LogP contribution in [0.3, 0.4) is 0 Å². The average molecular weight is 553 g/mol. The van der Waals surface area contributed by atoms with Crippen LogP contribution in [-0.2, 0) is 20.9 Å². The number of benzene rings is 3. The number of esters is 1. The topological polar surface area (TPSA) is 120 Å². The first-order valence-corrected chi connectivity index (χ1v) is 12.3. The summed E-state index contributed by atoms with van der Waals surface area (Å²) >= 11 is 0. The van der Waals surface area contributed by atoms with E-state index in [2.05, 4.69) is 10.0 Å². The van der Waals surface area contributed by atoms with Crippen molar-refractivity contribution in [1.29, 1.82) is 0 Å². The predicted molar refractivity (Wildman–Crippen MR) is 132 cm³/mol. The molecular weight excluding hydrogens is 529 g/mol. The Kier molecular flexibility index (Phi) is 8.20. The van der Waals surface area contributed by atoms with Crippen LogP contribution in [0.15, 0.2) is 59.5 Å². The van der Waals surface area contributed by atoms with E-state index in [1.165, 1.54) is 51.5 Å². The van der Waals surface area contributed by atoms with Gasteiger partial charge in [0.15, 0.2) is 11.5 Å². The highest BCUT2D eigenvalue weighted by Gasteiger charge is 2.30. The molecule has 38 heavy (non-hydrogen) atoms. The van der Waals surface area contributed by atoms with Gasteiger partial charge in [-0.1, -0.05) is 12.1 Å². The second-order valence-electron chi connectivity index (χ2n) is 7.86. The van der Waals surface area contributed by atoms with E-state index in [9.17, 15) is 31.2 Å². The van der Waals surface area contributed by atoms with Crippen molar-refractivity contribution in [2.45, 2.75) is 18.0 Å². The summed E-state index contributed by atoms with van der Waals surface area (Å²) in [5.74, 6) is -1.39. The van der Waals surface area contributed by atoms with Crippen molar-refractivity contribution in [2.75, 3.05) is 31.4 Å². The Morgan fingerprint density at radius 1 is 0.868 bits per heavy atom. The summed E-state index contributed by atoms with van der Waals surface area (Å²) in [6.07, 6.45) is -4.61. The minimum atomic E-state index is -4.61. The van der Waals surface area contributed by atoms with Gasteiger partial charge in [-0.25, -0.2) is 13.2 Å². The van der Waals surface area contributed by atoms with Gasteiger partial charge >= 0.3 is 12.1 Å². The summed E-state index contributed by atoms with van der Waals surface area (Å²) in [4.78, 5) is 24.8. The van der Waals surface area contributed by atoms with Crippen molar-refractivity contribution in [3.8, 4) is 11.5 Å². The van der Waals surface area contributed by atoms with Gasteiger partial charge in [0.25, 0.3) is 15.9 Å². The fraction of sp³-hybridized carbons (Fsp3) is 0.200. The SMILES string of the molecule is COC(=O)c1cc(OC)c(OC)cc1NS(=O)(=O)c1ccc(C)c(C(=O)Nc2cccc(C(F)(F)F)c2)c1. The highest BCUT2D eigenvalue weighted by atomic mass is 32.2. The minimum Gasteiger partial charge on any atom is -0.493 e. The van der Waals surface area contributed by atoms with Gasteiger partial charge in [0, 0.05) is 23.4 Å².